The third-order valence-corrected chi connectivity index (χ3v) is 4.46. The van der Waals surface area contributed by atoms with Crippen molar-refractivity contribution < 1.29 is 0 Å². The highest BCUT2D eigenvalue weighted by Gasteiger charge is 2.07. The molecule has 3 rings (SSSR count). The number of pyridine rings is 1. The number of aromatic nitrogens is 3. The van der Waals surface area contributed by atoms with Gasteiger partial charge in [-0.1, -0.05) is 0 Å². The normalized spacial score (nSPS) is 10.5. The van der Waals surface area contributed by atoms with Crippen molar-refractivity contribution in [1.82, 2.24) is 15.0 Å². The van der Waals surface area contributed by atoms with Crippen molar-refractivity contribution >= 4 is 23.1 Å². The smallest absolute Gasteiger partial charge is 0.229 e. The Morgan fingerprint density at radius 3 is 2.44 bits per heavy atom. The van der Waals surface area contributed by atoms with Gasteiger partial charge < -0.3 is 15.5 Å². The van der Waals surface area contributed by atoms with Gasteiger partial charge in [0.05, 0.1) is 0 Å². The van der Waals surface area contributed by atoms with E-state index in [4.69, 9.17) is 0 Å². The quantitative estimate of drug-likeness (QED) is 0.620. The highest BCUT2D eigenvalue weighted by molar-refractivity contribution is 5.64. The van der Waals surface area contributed by atoms with E-state index in [1.54, 1.807) is 18.6 Å². The summed E-state index contributed by atoms with van der Waals surface area (Å²) in [6.45, 7) is 9.12. The lowest BCUT2D eigenvalue weighted by atomic mass is 10.1. The SMILES string of the molecule is CCN(CC)c1ccc(Nc2nccc(NCc3ccncc3)n2)c(C)c1. The van der Waals surface area contributed by atoms with Crippen molar-refractivity contribution in [3.8, 4) is 0 Å². The Bertz CT molecular complexity index is 862. The standard InChI is InChI=1S/C21H26N6/c1-4-27(5-2)18-6-7-19(16(3)14-18)25-21-23-13-10-20(26-21)24-15-17-8-11-22-12-9-17/h6-14H,4-5,15H2,1-3H3,(H2,23,24,25,26). The second-order valence-electron chi connectivity index (χ2n) is 6.27. The maximum absolute atomic E-state index is 4.55. The fourth-order valence-corrected chi connectivity index (χ4v) is 2.90. The van der Waals surface area contributed by atoms with E-state index in [1.165, 1.54) is 5.69 Å². The van der Waals surface area contributed by atoms with Gasteiger partial charge in [0.15, 0.2) is 0 Å². The second kappa shape index (κ2) is 8.98. The zero-order chi connectivity index (χ0) is 19.1. The summed E-state index contributed by atoms with van der Waals surface area (Å²) < 4.78 is 0. The molecule has 6 nitrogen and oxygen atoms in total. The lowest BCUT2D eigenvalue weighted by Gasteiger charge is -2.22. The van der Waals surface area contributed by atoms with Crippen molar-refractivity contribution in [2.24, 2.45) is 0 Å². The number of anilines is 4. The molecule has 2 heterocycles. The summed E-state index contributed by atoms with van der Waals surface area (Å²) >= 11 is 0. The van der Waals surface area contributed by atoms with Crippen LogP contribution in [0.4, 0.5) is 23.1 Å². The molecule has 0 atom stereocenters. The van der Waals surface area contributed by atoms with Crippen LogP contribution in [0.15, 0.2) is 55.0 Å². The monoisotopic (exact) mass is 362 g/mol. The number of hydrogen-bond acceptors (Lipinski definition) is 6. The molecule has 0 fully saturated rings. The molecule has 0 aliphatic carbocycles. The summed E-state index contributed by atoms with van der Waals surface area (Å²) in [5.41, 5.74) is 4.56. The van der Waals surface area contributed by atoms with E-state index in [1.807, 2.05) is 18.2 Å². The molecule has 0 bridgehead atoms. The largest absolute Gasteiger partial charge is 0.372 e. The van der Waals surface area contributed by atoms with Gasteiger partial charge in [0.2, 0.25) is 5.95 Å². The number of benzene rings is 1. The maximum Gasteiger partial charge on any atom is 0.229 e. The molecular formula is C21H26N6. The highest BCUT2D eigenvalue weighted by atomic mass is 15.1. The Hall–Kier alpha value is -3.15. The molecule has 0 radical (unpaired) electrons. The van der Waals surface area contributed by atoms with Crippen molar-refractivity contribution in [1.29, 1.82) is 0 Å². The Kier molecular flexibility index (Phi) is 6.20. The first kappa shape index (κ1) is 18.6. The number of nitrogens with one attached hydrogen (secondary N) is 2. The Morgan fingerprint density at radius 1 is 0.963 bits per heavy atom. The van der Waals surface area contributed by atoms with E-state index in [9.17, 15) is 0 Å². The van der Waals surface area contributed by atoms with Gasteiger partial charge in [-0.25, -0.2) is 4.98 Å². The lowest BCUT2D eigenvalue weighted by Crippen LogP contribution is -2.21. The summed E-state index contributed by atoms with van der Waals surface area (Å²) in [7, 11) is 0. The molecule has 1 aromatic carbocycles. The van der Waals surface area contributed by atoms with E-state index < -0.39 is 0 Å². The third kappa shape index (κ3) is 4.94. The molecule has 0 saturated heterocycles. The molecule has 2 aromatic heterocycles. The molecule has 0 aliphatic heterocycles. The van der Waals surface area contributed by atoms with Crippen LogP contribution in [0.2, 0.25) is 0 Å². The van der Waals surface area contributed by atoms with Crippen LogP contribution in [0.5, 0.6) is 0 Å². The summed E-state index contributed by atoms with van der Waals surface area (Å²) in [5.74, 6) is 1.36. The van der Waals surface area contributed by atoms with E-state index in [2.05, 4.69) is 69.5 Å². The van der Waals surface area contributed by atoms with Gasteiger partial charge in [-0.15, -0.1) is 0 Å². The molecule has 6 heteroatoms. The average Bonchev–Trinajstić information content (AvgIpc) is 2.70. The number of nitrogens with zero attached hydrogens (tertiary/aromatic N) is 4. The number of aryl methyl sites for hydroxylation is 1. The molecule has 140 valence electrons. The Morgan fingerprint density at radius 2 is 1.74 bits per heavy atom. The van der Waals surface area contributed by atoms with E-state index >= 15 is 0 Å². The minimum absolute atomic E-state index is 0.577. The van der Waals surface area contributed by atoms with Gasteiger partial charge in [0.1, 0.15) is 5.82 Å². The number of rotatable bonds is 8. The minimum Gasteiger partial charge on any atom is -0.372 e. The van der Waals surface area contributed by atoms with E-state index in [-0.39, 0.29) is 0 Å². The van der Waals surface area contributed by atoms with Crippen LogP contribution in [0, 0.1) is 6.92 Å². The van der Waals surface area contributed by atoms with Crippen molar-refractivity contribution in [2.75, 3.05) is 28.6 Å². The topological polar surface area (TPSA) is 66.0 Å². The summed E-state index contributed by atoms with van der Waals surface area (Å²) in [5, 5.41) is 6.64. The van der Waals surface area contributed by atoms with Gasteiger partial charge in [0.25, 0.3) is 0 Å². The van der Waals surface area contributed by atoms with Gasteiger partial charge in [-0.2, -0.15) is 4.98 Å². The van der Waals surface area contributed by atoms with E-state index in [0.717, 1.165) is 35.7 Å². The molecule has 0 unspecified atom stereocenters. The first-order chi connectivity index (χ1) is 13.2. The predicted octanol–water partition coefficient (Wildman–Crippen LogP) is 4.38. The summed E-state index contributed by atoms with van der Waals surface area (Å²) in [6.07, 6.45) is 5.33. The van der Waals surface area contributed by atoms with Crippen LogP contribution in [-0.2, 0) is 6.54 Å². The van der Waals surface area contributed by atoms with Crippen LogP contribution in [0.1, 0.15) is 25.0 Å². The van der Waals surface area contributed by atoms with Crippen molar-refractivity contribution in [3.63, 3.8) is 0 Å². The maximum atomic E-state index is 4.55. The zero-order valence-electron chi connectivity index (χ0n) is 16.1. The van der Waals surface area contributed by atoms with Crippen LogP contribution in [0.3, 0.4) is 0 Å². The van der Waals surface area contributed by atoms with Crippen LogP contribution in [0.25, 0.3) is 0 Å². The van der Waals surface area contributed by atoms with Gasteiger partial charge in [-0.05, 0) is 68.3 Å². The molecule has 0 spiro atoms. The predicted molar refractivity (Wildman–Crippen MR) is 112 cm³/mol. The third-order valence-electron chi connectivity index (χ3n) is 4.46. The minimum atomic E-state index is 0.577. The fraction of sp³-hybridized carbons (Fsp3) is 0.286. The van der Waals surface area contributed by atoms with Crippen molar-refractivity contribution in [2.45, 2.75) is 27.3 Å². The molecule has 3 aromatic rings. The molecule has 2 N–H and O–H groups in total. The molecule has 0 amide bonds. The van der Waals surface area contributed by atoms with Crippen molar-refractivity contribution in [3.05, 3.63) is 66.1 Å². The van der Waals surface area contributed by atoms with E-state index in [0.29, 0.717) is 12.5 Å². The average molecular weight is 362 g/mol. The summed E-state index contributed by atoms with van der Waals surface area (Å²) in [6, 6.07) is 12.2. The Labute approximate surface area is 160 Å². The van der Waals surface area contributed by atoms with Crippen LogP contribution >= 0.6 is 0 Å². The van der Waals surface area contributed by atoms with Gasteiger partial charge in [0, 0.05) is 49.6 Å². The lowest BCUT2D eigenvalue weighted by molar-refractivity contribution is 0.866. The number of hydrogen-bond donors (Lipinski definition) is 2. The van der Waals surface area contributed by atoms with Crippen LogP contribution < -0.4 is 15.5 Å². The highest BCUT2D eigenvalue weighted by Crippen LogP contribution is 2.24. The first-order valence-electron chi connectivity index (χ1n) is 9.28. The summed E-state index contributed by atoms with van der Waals surface area (Å²) in [4.78, 5) is 15.3. The molecule has 0 aliphatic rings. The van der Waals surface area contributed by atoms with Crippen LogP contribution in [-0.4, -0.2) is 28.0 Å². The molecule has 27 heavy (non-hydrogen) atoms. The molecule has 0 saturated carbocycles. The Balaban J connectivity index is 1.69. The molecular weight excluding hydrogens is 336 g/mol. The first-order valence-corrected chi connectivity index (χ1v) is 9.28. The van der Waals surface area contributed by atoms with Gasteiger partial charge >= 0.3 is 0 Å². The zero-order valence-corrected chi connectivity index (χ0v) is 16.1. The fourth-order valence-electron chi connectivity index (χ4n) is 2.90. The second-order valence-corrected chi connectivity index (χ2v) is 6.27. The van der Waals surface area contributed by atoms with Gasteiger partial charge in [-0.3, -0.25) is 4.98 Å².